The SMILES string of the molecule is CC1=C(C(=O)N(C)Cc2ccccc2)C(c2ccc(Cl)c(Cl)c2)n2nccc2N1. The van der Waals surface area contributed by atoms with Gasteiger partial charge in [-0.15, -0.1) is 0 Å². The van der Waals surface area contributed by atoms with Gasteiger partial charge in [0.05, 0.1) is 21.8 Å². The van der Waals surface area contributed by atoms with Crippen molar-refractivity contribution in [3.8, 4) is 0 Å². The van der Waals surface area contributed by atoms with Crippen LogP contribution in [0.5, 0.6) is 0 Å². The maximum absolute atomic E-state index is 13.5. The summed E-state index contributed by atoms with van der Waals surface area (Å²) in [5, 5.41) is 8.65. The second kappa shape index (κ2) is 7.93. The Hall–Kier alpha value is -2.76. The standard InChI is InChI=1S/C22H20Cl2N4O/c1-14-20(22(29)27(2)13-15-6-4-3-5-7-15)21(28-19(26-14)10-11-25-28)16-8-9-17(23)18(24)12-16/h3-12,21,26H,13H2,1-2H3. The molecule has 4 rings (SSSR count). The van der Waals surface area contributed by atoms with Gasteiger partial charge in [-0.1, -0.05) is 59.6 Å². The van der Waals surface area contributed by atoms with Gasteiger partial charge >= 0.3 is 0 Å². The van der Waals surface area contributed by atoms with Crippen molar-refractivity contribution in [2.45, 2.75) is 19.5 Å². The Morgan fingerprint density at radius 1 is 1.14 bits per heavy atom. The lowest BCUT2D eigenvalue weighted by atomic mass is 9.94. The van der Waals surface area contributed by atoms with Crippen LogP contribution in [0.15, 0.2) is 72.1 Å². The molecule has 29 heavy (non-hydrogen) atoms. The van der Waals surface area contributed by atoms with Crippen LogP contribution in [-0.2, 0) is 11.3 Å². The number of nitrogens with zero attached hydrogens (tertiary/aromatic N) is 3. The molecule has 2 aromatic carbocycles. The summed E-state index contributed by atoms with van der Waals surface area (Å²) in [5.74, 6) is 0.747. The summed E-state index contributed by atoms with van der Waals surface area (Å²) in [7, 11) is 1.81. The fourth-order valence-corrected chi connectivity index (χ4v) is 3.91. The van der Waals surface area contributed by atoms with Gasteiger partial charge in [0.15, 0.2) is 0 Å². The summed E-state index contributed by atoms with van der Waals surface area (Å²) in [4.78, 5) is 15.2. The number of aromatic nitrogens is 2. The highest BCUT2D eigenvalue weighted by Gasteiger charge is 2.34. The van der Waals surface area contributed by atoms with Crippen LogP contribution in [0.1, 0.15) is 24.1 Å². The molecule has 1 N–H and O–H groups in total. The molecular weight excluding hydrogens is 407 g/mol. The van der Waals surface area contributed by atoms with E-state index >= 15 is 0 Å². The highest BCUT2D eigenvalue weighted by molar-refractivity contribution is 6.42. The highest BCUT2D eigenvalue weighted by Crippen LogP contribution is 2.38. The predicted octanol–water partition coefficient (Wildman–Crippen LogP) is 5.14. The number of likely N-dealkylation sites (N-methyl/N-ethyl adjacent to an activating group) is 1. The summed E-state index contributed by atoms with van der Waals surface area (Å²) >= 11 is 12.4. The zero-order valence-corrected chi connectivity index (χ0v) is 17.6. The Kier molecular flexibility index (Phi) is 5.35. The van der Waals surface area contributed by atoms with Gasteiger partial charge in [-0.25, -0.2) is 4.68 Å². The maximum atomic E-state index is 13.5. The third-order valence-electron chi connectivity index (χ3n) is 5.01. The second-order valence-electron chi connectivity index (χ2n) is 7.05. The summed E-state index contributed by atoms with van der Waals surface area (Å²) in [6.07, 6.45) is 1.71. The maximum Gasteiger partial charge on any atom is 0.254 e. The van der Waals surface area contributed by atoms with Gasteiger partial charge in [-0.3, -0.25) is 4.79 Å². The van der Waals surface area contributed by atoms with E-state index in [1.165, 1.54) is 0 Å². The number of hydrogen-bond acceptors (Lipinski definition) is 3. The average molecular weight is 427 g/mol. The molecule has 1 atom stereocenters. The lowest BCUT2D eigenvalue weighted by Crippen LogP contribution is -2.36. The Balaban J connectivity index is 1.74. The van der Waals surface area contributed by atoms with Gasteiger partial charge in [-0.2, -0.15) is 5.10 Å². The molecule has 7 heteroatoms. The van der Waals surface area contributed by atoms with Gasteiger partial charge < -0.3 is 10.2 Å². The van der Waals surface area contributed by atoms with Gasteiger partial charge in [0, 0.05) is 25.4 Å². The van der Waals surface area contributed by atoms with Gasteiger partial charge in [0.1, 0.15) is 11.9 Å². The highest BCUT2D eigenvalue weighted by atomic mass is 35.5. The fourth-order valence-electron chi connectivity index (χ4n) is 3.61. The van der Waals surface area contributed by atoms with Crippen molar-refractivity contribution >= 4 is 34.9 Å². The summed E-state index contributed by atoms with van der Waals surface area (Å²) < 4.78 is 1.80. The second-order valence-corrected chi connectivity index (χ2v) is 7.86. The fraction of sp³-hybridized carbons (Fsp3) is 0.182. The first-order valence-corrected chi connectivity index (χ1v) is 9.97. The molecule has 1 amide bonds. The van der Waals surface area contributed by atoms with E-state index in [9.17, 15) is 4.79 Å². The quantitative estimate of drug-likeness (QED) is 0.628. The van der Waals surface area contributed by atoms with Crippen LogP contribution < -0.4 is 5.32 Å². The van der Waals surface area contributed by atoms with Crippen LogP contribution in [0.25, 0.3) is 0 Å². The molecule has 1 aromatic heterocycles. The van der Waals surface area contributed by atoms with E-state index in [4.69, 9.17) is 23.2 Å². The molecule has 0 bridgehead atoms. The van der Waals surface area contributed by atoms with E-state index in [-0.39, 0.29) is 5.91 Å². The van der Waals surface area contributed by atoms with E-state index in [1.807, 2.05) is 49.4 Å². The van der Waals surface area contributed by atoms with Crippen molar-refractivity contribution in [2.75, 3.05) is 12.4 Å². The lowest BCUT2D eigenvalue weighted by molar-refractivity contribution is -0.126. The van der Waals surface area contributed by atoms with Crippen molar-refractivity contribution < 1.29 is 4.79 Å². The van der Waals surface area contributed by atoms with Crippen LogP contribution in [0.3, 0.4) is 0 Å². The summed E-state index contributed by atoms with van der Waals surface area (Å²) in [6, 6.07) is 16.8. The van der Waals surface area contributed by atoms with E-state index in [0.29, 0.717) is 22.2 Å². The monoisotopic (exact) mass is 426 g/mol. The molecule has 148 valence electrons. The number of fused-ring (bicyclic) bond motifs is 1. The topological polar surface area (TPSA) is 50.2 Å². The molecule has 1 unspecified atom stereocenters. The minimum atomic E-state index is -0.401. The molecule has 0 spiro atoms. The largest absolute Gasteiger partial charge is 0.344 e. The normalized spacial score (nSPS) is 15.7. The minimum absolute atomic E-state index is 0.0731. The smallest absolute Gasteiger partial charge is 0.254 e. The Morgan fingerprint density at radius 2 is 1.90 bits per heavy atom. The summed E-state index contributed by atoms with van der Waals surface area (Å²) in [6.45, 7) is 2.42. The predicted molar refractivity (Wildman–Crippen MR) is 116 cm³/mol. The zero-order valence-electron chi connectivity index (χ0n) is 16.1. The van der Waals surface area contributed by atoms with Crippen LogP contribution in [-0.4, -0.2) is 27.6 Å². The minimum Gasteiger partial charge on any atom is -0.344 e. The molecule has 1 aliphatic rings. The third kappa shape index (κ3) is 3.76. The average Bonchev–Trinajstić information content (AvgIpc) is 3.17. The molecule has 0 aliphatic carbocycles. The Labute approximate surface area is 179 Å². The van der Waals surface area contributed by atoms with Crippen LogP contribution in [0.4, 0.5) is 5.82 Å². The van der Waals surface area contributed by atoms with Crippen molar-refractivity contribution in [3.63, 3.8) is 0 Å². The molecule has 0 saturated heterocycles. The van der Waals surface area contributed by atoms with Crippen molar-refractivity contribution in [1.82, 2.24) is 14.7 Å². The van der Waals surface area contributed by atoms with Gasteiger partial charge in [-0.05, 0) is 30.2 Å². The zero-order chi connectivity index (χ0) is 20.5. The molecule has 3 aromatic rings. The number of benzene rings is 2. The van der Waals surface area contributed by atoms with Crippen molar-refractivity contribution in [1.29, 1.82) is 0 Å². The van der Waals surface area contributed by atoms with E-state index in [2.05, 4.69) is 10.4 Å². The molecular formula is C22H20Cl2N4O. The van der Waals surface area contributed by atoms with Crippen molar-refractivity contribution in [2.24, 2.45) is 0 Å². The number of carbonyl (C=O) groups is 1. The first-order chi connectivity index (χ1) is 14.0. The number of allylic oxidation sites excluding steroid dienone is 1. The summed E-state index contributed by atoms with van der Waals surface area (Å²) in [5.41, 5.74) is 3.33. The van der Waals surface area contributed by atoms with Gasteiger partial charge in [0.2, 0.25) is 0 Å². The first kappa shape index (κ1) is 19.6. The number of rotatable bonds is 4. The number of anilines is 1. The third-order valence-corrected chi connectivity index (χ3v) is 5.75. The Bertz CT molecular complexity index is 1090. The molecule has 0 saturated carbocycles. The lowest BCUT2D eigenvalue weighted by Gasteiger charge is -2.32. The van der Waals surface area contributed by atoms with E-state index < -0.39 is 6.04 Å². The first-order valence-electron chi connectivity index (χ1n) is 9.21. The van der Waals surface area contributed by atoms with Gasteiger partial charge in [0.25, 0.3) is 5.91 Å². The molecule has 0 fully saturated rings. The van der Waals surface area contributed by atoms with Crippen LogP contribution >= 0.6 is 23.2 Å². The molecule has 1 aliphatic heterocycles. The molecule has 0 radical (unpaired) electrons. The number of hydrogen-bond donors (Lipinski definition) is 1. The Morgan fingerprint density at radius 3 is 2.62 bits per heavy atom. The van der Waals surface area contributed by atoms with Crippen LogP contribution in [0, 0.1) is 0 Å². The molecule has 5 nitrogen and oxygen atoms in total. The number of nitrogens with one attached hydrogen (secondary N) is 1. The van der Waals surface area contributed by atoms with E-state index in [0.717, 1.165) is 22.6 Å². The molecule has 2 heterocycles. The number of carbonyl (C=O) groups excluding carboxylic acids is 1. The number of halogens is 2. The van der Waals surface area contributed by atoms with Crippen LogP contribution in [0.2, 0.25) is 10.0 Å². The van der Waals surface area contributed by atoms with Crippen molar-refractivity contribution in [3.05, 3.63) is 93.2 Å². The number of amides is 1. The van der Waals surface area contributed by atoms with E-state index in [1.54, 1.807) is 35.0 Å².